The zero-order chi connectivity index (χ0) is 11.9. The lowest BCUT2D eigenvalue weighted by molar-refractivity contribution is -0.143. The van der Waals surface area contributed by atoms with E-state index in [0.29, 0.717) is 25.6 Å². The van der Waals surface area contributed by atoms with Crippen LogP contribution >= 0.6 is 0 Å². The van der Waals surface area contributed by atoms with Gasteiger partial charge in [-0.25, -0.2) is 0 Å². The van der Waals surface area contributed by atoms with Gasteiger partial charge in [0.15, 0.2) is 0 Å². The summed E-state index contributed by atoms with van der Waals surface area (Å²) < 4.78 is 5.33. The maximum atomic E-state index is 10.6. The first kappa shape index (κ1) is 14.4. The lowest BCUT2D eigenvalue weighted by Gasteiger charge is -2.18. The molecule has 90 valence electrons. The Bertz CT molecular complexity index is 190. The van der Waals surface area contributed by atoms with Crippen LogP contribution in [0, 0.1) is 5.92 Å². The zero-order valence-corrected chi connectivity index (χ0v) is 9.95. The van der Waals surface area contributed by atoms with Crippen molar-refractivity contribution in [3.8, 4) is 0 Å². The molecule has 0 heterocycles. The summed E-state index contributed by atoms with van der Waals surface area (Å²) in [5, 5.41) is 8.74. The minimum absolute atomic E-state index is 0.351. The van der Waals surface area contributed by atoms with Crippen molar-refractivity contribution in [1.29, 1.82) is 0 Å². The summed E-state index contributed by atoms with van der Waals surface area (Å²) in [6, 6.07) is 0. The number of aliphatic carboxylic acids is 1. The van der Waals surface area contributed by atoms with Crippen molar-refractivity contribution in [1.82, 2.24) is 0 Å². The minimum atomic E-state index is -1.17. The van der Waals surface area contributed by atoms with Gasteiger partial charge in [0.05, 0.1) is 0 Å². The third-order valence-electron chi connectivity index (χ3n) is 2.32. The second-order valence-corrected chi connectivity index (χ2v) is 4.62. The normalized spacial score (nSPS) is 15.3. The van der Waals surface area contributed by atoms with Crippen molar-refractivity contribution in [2.24, 2.45) is 11.7 Å². The topological polar surface area (TPSA) is 72.5 Å². The smallest absolute Gasteiger partial charge is 0.323 e. The number of rotatable bonds is 8. The van der Waals surface area contributed by atoms with Crippen molar-refractivity contribution in [3.05, 3.63) is 0 Å². The maximum absolute atomic E-state index is 10.6. The van der Waals surface area contributed by atoms with Crippen LogP contribution in [0.25, 0.3) is 0 Å². The van der Waals surface area contributed by atoms with E-state index in [1.807, 2.05) is 0 Å². The monoisotopic (exact) mass is 217 g/mol. The fourth-order valence-electron chi connectivity index (χ4n) is 1.09. The minimum Gasteiger partial charge on any atom is -0.480 e. The zero-order valence-electron chi connectivity index (χ0n) is 9.95. The third-order valence-corrected chi connectivity index (χ3v) is 2.32. The van der Waals surface area contributed by atoms with Crippen LogP contribution in [0.3, 0.4) is 0 Å². The number of hydrogen-bond donors (Lipinski definition) is 2. The summed E-state index contributed by atoms with van der Waals surface area (Å²) in [4.78, 5) is 10.6. The standard InChI is InChI=1S/C11H23NO3/c1-9(2)5-4-7-15-8-6-11(3,12)10(13)14/h9H,4-8,12H2,1-3H3,(H,13,14). The first-order valence-electron chi connectivity index (χ1n) is 5.46. The van der Waals surface area contributed by atoms with E-state index in [1.165, 1.54) is 6.92 Å². The molecule has 1 unspecified atom stereocenters. The van der Waals surface area contributed by atoms with E-state index in [9.17, 15) is 4.79 Å². The number of hydrogen-bond acceptors (Lipinski definition) is 3. The van der Waals surface area contributed by atoms with Crippen molar-refractivity contribution in [3.63, 3.8) is 0 Å². The van der Waals surface area contributed by atoms with E-state index in [1.54, 1.807) is 0 Å². The Labute approximate surface area is 91.8 Å². The molecule has 15 heavy (non-hydrogen) atoms. The number of carboxylic acid groups (broad SMARTS) is 1. The number of ether oxygens (including phenoxy) is 1. The quantitative estimate of drug-likeness (QED) is 0.606. The van der Waals surface area contributed by atoms with E-state index in [4.69, 9.17) is 15.6 Å². The molecule has 0 aliphatic carbocycles. The van der Waals surface area contributed by atoms with Gasteiger partial charge in [-0.2, -0.15) is 0 Å². The Morgan fingerprint density at radius 1 is 1.47 bits per heavy atom. The molecular weight excluding hydrogens is 194 g/mol. The van der Waals surface area contributed by atoms with Gasteiger partial charge in [-0.15, -0.1) is 0 Å². The van der Waals surface area contributed by atoms with Gasteiger partial charge in [0.2, 0.25) is 0 Å². The molecule has 0 rings (SSSR count). The molecule has 0 aliphatic heterocycles. The first-order valence-corrected chi connectivity index (χ1v) is 5.46. The summed E-state index contributed by atoms with van der Waals surface area (Å²) in [7, 11) is 0. The Kier molecular flexibility index (Phi) is 6.52. The van der Waals surface area contributed by atoms with Gasteiger partial charge >= 0.3 is 5.97 Å². The van der Waals surface area contributed by atoms with Crippen LogP contribution < -0.4 is 5.73 Å². The third kappa shape index (κ3) is 7.33. The largest absolute Gasteiger partial charge is 0.480 e. The lowest BCUT2D eigenvalue weighted by atomic mass is 10.0. The first-order chi connectivity index (χ1) is 6.86. The van der Waals surface area contributed by atoms with Gasteiger partial charge in [0, 0.05) is 13.2 Å². The van der Waals surface area contributed by atoms with E-state index < -0.39 is 11.5 Å². The SMILES string of the molecule is CC(C)CCCOCCC(C)(N)C(=O)O. The highest BCUT2D eigenvalue weighted by atomic mass is 16.5. The summed E-state index contributed by atoms with van der Waals surface area (Å²) in [6.07, 6.45) is 2.51. The van der Waals surface area contributed by atoms with Crippen molar-refractivity contribution in [2.75, 3.05) is 13.2 Å². The second kappa shape index (κ2) is 6.80. The number of carboxylic acids is 1. The lowest BCUT2D eigenvalue weighted by Crippen LogP contribution is -2.45. The van der Waals surface area contributed by atoms with Gasteiger partial charge < -0.3 is 15.6 Å². The molecular formula is C11H23NO3. The molecule has 3 N–H and O–H groups in total. The molecule has 4 heteroatoms. The van der Waals surface area contributed by atoms with Gasteiger partial charge in [-0.1, -0.05) is 13.8 Å². The molecule has 0 spiro atoms. The van der Waals surface area contributed by atoms with Crippen LogP contribution in [0.5, 0.6) is 0 Å². The van der Waals surface area contributed by atoms with E-state index in [0.717, 1.165) is 12.8 Å². The summed E-state index contributed by atoms with van der Waals surface area (Å²) in [5.74, 6) is -0.291. The van der Waals surface area contributed by atoms with Crippen LogP contribution in [0.15, 0.2) is 0 Å². The van der Waals surface area contributed by atoms with Gasteiger partial charge in [0.25, 0.3) is 0 Å². The summed E-state index contributed by atoms with van der Waals surface area (Å²) in [5.41, 5.74) is 4.37. The molecule has 0 bridgehead atoms. The van der Waals surface area contributed by atoms with Crippen LogP contribution in [0.1, 0.15) is 40.0 Å². The Morgan fingerprint density at radius 3 is 2.53 bits per heavy atom. The maximum Gasteiger partial charge on any atom is 0.323 e. The summed E-state index contributed by atoms with van der Waals surface area (Å²) >= 11 is 0. The molecule has 0 aromatic carbocycles. The fourth-order valence-corrected chi connectivity index (χ4v) is 1.09. The van der Waals surface area contributed by atoms with E-state index >= 15 is 0 Å². The molecule has 0 aromatic heterocycles. The molecule has 0 saturated heterocycles. The van der Waals surface area contributed by atoms with Crippen molar-refractivity contribution in [2.45, 2.75) is 45.6 Å². The fraction of sp³-hybridized carbons (Fsp3) is 0.909. The average Bonchev–Trinajstić information content (AvgIpc) is 2.10. The predicted octanol–water partition coefficient (Wildman–Crippen LogP) is 1.63. The average molecular weight is 217 g/mol. The van der Waals surface area contributed by atoms with E-state index in [-0.39, 0.29) is 0 Å². The van der Waals surface area contributed by atoms with Crippen LogP contribution in [-0.2, 0) is 9.53 Å². The van der Waals surface area contributed by atoms with Crippen LogP contribution in [0.4, 0.5) is 0 Å². The molecule has 0 saturated carbocycles. The van der Waals surface area contributed by atoms with Crippen molar-refractivity contribution >= 4 is 5.97 Å². The molecule has 0 fully saturated rings. The highest BCUT2D eigenvalue weighted by Gasteiger charge is 2.27. The van der Waals surface area contributed by atoms with Crippen LogP contribution in [-0.4, -0.2) is 29.8 Å². The summed E-state index contributed by atoms with van der Waals surface area (Å²) in [6.45, 7) is 6.95. The van der Waals surface area contributed by atoms with Gasteiger partial charge in [0.1, 0.15) is 5.54 Å². The van der Waals surface area contributed by atoms with Crippen LogP contribution in [0.2, 0.25) is 0 Å². The number of nitrogens with two attached hydrogens (primary N) is 1. The van der Waals surface area contributed by atoms with E-state index in [2.05, 4.69) is 13.8 Å². The highest BCUT2D eigenvalue weighted by Crippen LogP contribution is 2.07. The second-order valence-electron chi connectivity index (χ2n) is 4.62. The Balaban J connectivity index is 3.43. The number of carbonyl (C=O) groups is 1. The molecule has 1 atom stereocenters. The van der Waals surface area contributed by atoms with Gasteiger partial charge in [-0.3, -0.25) is 4.79 Å². The molecule has 0 radical (unpaired) electrons. The molecule has 0 aromatic rings. The highest BCUT2D eigenvalue weighted by molar-refractivity contribution is 5.77. The molecule has 4 nitrogen and oxygen atoms in total. The Hall–Kier alpha value is -0.610. The molecule has 0 amide bonds. The van der Waals surface area contributed by atoms with Crippen molar-refractivity contribution < 1.29 is 14.6 Å². The predicted molar refractivity (Wildman–Crippen MR) is 59.7 cm³/mol. The Morgan fingerprint density at radius 2 is 2.07 bits per heavy atom. The van der Waals surface area contributed by atoms with Gasteiger partial charge in [-0.05, 0) is 32.1 Å². The molecule has 0 aliphatic rings.